The Bertz CT molecular complexity index is 1230. The molecule has 7 heteroatoms. The molecule has 35 heavy (non-hydrogen) atoms. The number of halogens is 3. The number of piperidine rings is 3. The molecule has 0 amide bonds. The lowest BCUT2D eigenvalue weighted by Gasteiger charge is -2.58. The highest BCUT2D eigenvalue weighted by Crippen LogP contribution is 2.48. The monoisotopic (exact) mass is 483 g/mol. The lowest BCUT2D eigenvalue weighted by Crippen LogP contribution is -2.67. The van der Waals surface area contributed by atoms with E-state index in [1.165, 1.54) is 0 Å². The molecule has 3 aromatic rings. The SMILES string of the molecule is C=CC1C[N+]2(Cc3ccc(C(F)(F)F)cc3)CC[C@H]1C[C@H]2[C@H](O)c1ccnc2ccc(OC)cc12. The standard InChI is InChI=1S/C28H30F3N2O2/c1-3-19-17-33(16-18-4-6-21(7-5-18)28(29,30)31)13-11-20(19)14-26(33)27(34)23-10-12-32-25-9-8-22(35-2)15-24(23)25/h3-10,12,15,19-20,26-27,34H,1,11,13-14,16-17H2,2H3/q+1/t19?,20-,26-,27+,33?/m0/s1. The minimum atomic E-state index is -4.36. The van der Waals surface area contributed by atoms with Gasteiger partial charge in [0.05, 0.1) is 31.3 Å². The number of quaternary nitrogens is 1. The van der Waals surface area contributed by atoms with Crippen molar-refractivity contribution in [2.75, 3.05) is 20.2 Å². The van der Waals surface area contributed by atoms with Crippen LogP contribution < -0.4 is 4.74 Å². The van der Waals surface area contributed by atoms with Gasteiger partial charge in [-0.3, -0.25) is 4.98 Å². The Morgan fingerprint density at radius 1 is 1.20 bits per heavy atom. The molecule has 3 aliphatic rings. The third kappa shape index (κ3) is 4.32. The number of nitrogens with zero attached hydrogens (tertiary/aromatic N) is 2. The molecule has 0 spiro atoms. The highest BCUT2D eigenvalue weighted by Gasteiger charge is 2.54. The molecule has 2 aromatic carbocycles. The van der Waals surface area contributed by atoms with E-state index in [1.807, 2.05) is 30.3 Å². The van der Waals surface area contributed by atoms with Crippen LogP contribution in [0.25, 0.3) is 10.9 Å². The number of rotatable bonds is 6. The van der Waals surface area contributed by atoms with Crippen molar-refractivity contribution in [3.8, 4) is 5.75 Å². The number of fused-ring (bicyclic) bond motifs is 4. The predicted octanol–water partition coefficient (Wildman–Crippen LogP) is 5.91. The molecule has 3 saturated heterocycles. The van der Waals surface area contributed by atoms with Crippen LogP contribution in [0.2, 0.25) is 0 Å². The van der Waals surface area contributed by atoms with Crippen molar-refractivity contribution in [2.24, 2.45) is 11.8 Å². The van der Waals surface area contributed by atoms with Crippen molar-refractivity contribution in [1.82, 2.24) is 4.98 Å². The molecular formula is C28H30F3N2O2+. The van der Waals surface area contributed by atoms with Gasteiger partial charge >= 0.3 is 6.18 Å². The number of hydrogen-bond acceptors (Lipinski definition) is 3. The van der Waals surface area contributed by atoms with Crippen molar-refractivity contribution in [3.05, 3.63) is 84.1 Å². The zero-order valence-electron chi connectivity index (χ0n) is 19.7. The van der Waals surface area contributed by atoms with Gasteiger partial charge in [0, 0.05) is 35.9 Å². The van der Waals surface area contributed by atoms with Gasteiger partial charge in [0.2, 0.25) is 0 Å². The zero-order chi connectivity index (χ0) is 24.8. The molecule has 1 N–H and O–H groups in total. The van der Waals surface area contributed by atoms with Gasteiger partial charge in [-0.1, -0.05) is 18.2 Å². The van der Waals surface area contributed by atoms with Gasteiger partial charge in [0.1, 0.15) is 24.4 Å². The van der Waals surface area contributed by atoms with Crippen LogP contribution >= 0.6 is 0 Å². The number of methoxy groups -OCH3 is 1. The predicted molar refractivity (Wildman–Crippen MR) is 129 cm³/mol. The first-order valence-electron chi connectivity index (χ1n) is 12.0. The van der Waals surface area contributed by atoms with Crippen LogP contribution in [0.5, 0.6) is 5.75 Å². The largest absolute Gasteiger partial charge is 0.497 e. The number of ether oxygens (including phenoxy) is 1. The first kappa shape index (κ1) is 23.8. The van der Waals surface area contributed by atoms with Crippen LogP contribution in [-0.4, -0.2) is 40.8 Å². The third-order valence-corrected chi connectivity index (χ3v) is 8.12. The van der Waals surface area contributed by atoms with Crippen LogP contribution in [0.1, 0.15) is 35.6 Å². The smallest absolute Gasteiger partial charge is 0.416 e. The Kier molecular flexibility index (Phi) is 6.09. The number of pyridine rings is 1. The molecule has 4 heterocycles. The van der Waals surface area contributed by atoms with Gasteiger partial charge in [-0.15, -0.1) is 6.58 Å². The second-order valence-corrected chi connectivity index (χ2v) is 9.96. The maximum atomic E-state index is 13.1. The first-order valence-corrected chi connectivity index (χ1v) is 12.0. The summed E-state index contributed by atoms with van der Waals surface area (Å²) >= 11 is 0. The van der Waals surface area contributed by atoms with E-state index in [1.54, 1.807) is 25.4 Å². The molecule has 0 radical (unpaired) electrons. The van der Waals surface area contributed by atoms with E-state index in [9.17, 15) is 18.3 Å². The molecule has 4 nitrogen and oxygen atoms in total. The van der Waals surface area contributed by atoms with E-state index in [0.29, 0.717) is 28.6 Å². The van der Waals surface area contributed by atoms with Crippen LogP contribution in [0.4, 0.5) is 13.2 Å². The number of benzene rings is 2. The molecule has 5 atom stereocenters. The highest BCUT2D eigenvalue weighted by atomic mass is 19.4. The van der Waals surface area contributed by atoms with E-state index < -0.39 is 17.8 Å². The van der Waals surface area contributed by atoms with Gasteiger partial charge in [0.25, 0.3) is 0 Å². The van der Waals surface area contributed by atoms with E-state index >= 15 is 0 Å². The average Bonchev–Trinajstić information content (AvgIpc) is 2.87. The fourth-order valence-corrected chi connectivity index (χ4v) is 6.28. The minimum Gasteiger partial charge on any atom is -0.497 e. The quantitative estimate of drug-likeness (QED) is 0.350. The fraction of sp³-hybridized carbons (Fsp3) is 0.393. The van der Waals surface area contributed by atoms with Gasteiger partial charge in [-0.05, 0) is 47.9 Å². The molecule has 6 rings (SSSR count). The summed E-state index contributed by atoms with van der Waals surface area (Å²) in [5, 5.41) is 12.7. The van der Waals surface area contributed by atoms with Crippen molar-refractivity contribution in [3.63, 3.8) is 0 Å². The average molecular weight is 484 g/mol. The lowest BCUT2D eigenvalue weighted by molar-refractivity contribution is -0.984. The van der Waals surface area contributed by atoms with E-state index in [-0.39, 0.29) is 6.04 Å². The summed E-state index contributed by atoms with van der Waals surface area (Å²) in [6.07, 6.45) is 0.494. The van der Waals surface area contributed by atoms with E-state index in [2.05, 4.69) is 11.6 Å². The van der Waals surface area contributed by atoms with Crippen molar-refractivity contribution in [1.29, 1.82) is 0 Å². The van der Waals surface area contributed by atoms with E-state index in [0.717, 1.165) is 60.1 Å². The molecule has 0 aliphatic carbocycles. The maximum absolute atomic E-state index is 13.1. The normalized spacial score (nSPS) is 27.1. The minimum absolute atomic E-state index is 0.0796. The first-order chi connectivity index (χ1) is 16.7. The van der Waals surface area contributed by atoms with E-state index in [4.69, 9.17) is 4.74 Å². The summed E-state index contributed by atoms with van der Waals surface area (Å²) in [6, 6.07) is 12.9. The highest BCUT2D eigenvalue weighted by molar-refractivity contribution is 5.83. The van der Waals surface area contributed by atoms with Crippen molar-refractivity contribution >= 4 is 10.9 Å². The summed E-state index contributed by atoms with van der Waals surface area (Å²) < 4.78 is 45.3. The Labute approximate surface area is 203 Å². The summed E-state index contributed by atoms with van der Waals surface area (Å²) in [6.45, 7) is 6.32. The number of aromatic nitrogens is 1. The second kappa shape index (κ2) is 8.95. The summed E-state index contributed by atoms with van der Waals surface area (Å²) in [5.41, 5.74) is 1.80. The van der Waals surface area contributed by atoms with Crippen molar-refractivity contribution < 1.29 is 27.5 Å². The molecule has 3 fully saturated rings. The number of alkyl halides is 3. The third-order valence-electron chi connectivity index (χ3n) is 8.12. The fourth-order valence-electron chi connectivity index (χ4n) is 6.28. The molecule has 2 bridgehead atoms. The second-order valence-electron chi connectivity index (χ2n) is 9.96. The Hall–Kier alpha value is -2.90. The maximum Gasteiger partial charge on any atom is 0.416 e. The van der Waals surface area contributed by atoms with Crippen LogP contribution in [0, 0.1) is 11.8 Å². The zero-order valence-corrected chi connectivity index (χ0v) is 19.7. The molecule has 0 saturated carbocycles. The van der Waals surface area contributed by atoms with Gasteiger partial charge in [-0.25, -0.2) is 0 Å². The Morgan fingerprint density at radius 3 is 2.66 bits per heavy atom. The van der Waals surface area contributed by atoms with Gasteiger partial charge in [0.15, 0.2) is 0 Å². The van der Waals surface area contributed by atoms with Gasteiger partial charge < -0.3 is 14.3 Å². The number of aliphatic hydroxyl groups is 1. The molecule has 184 valence electrons. The number of hydrogen-bond donors (Lipinski definition) is 1. The molecule has 3 aliphatic heterocycles. The Balaban J connectivity index is 1.52. The summed E-state index contributed by atoms with van der Waals surface area (Å²) in [7, 11) is 1.61. The van der Waals surface area contributed by atoms with Crippen LogP contribution in [-0.2, 0) is 12.7 Å². The van der Waals surface area contributed by atoms with Crippen molar-refractivity contribution in [2.45, 2.75) is 37.7 Å². The summed E-state index contributed by atoms with van der Waals surface area (Å²) in [4.78, 5) is 4.45. The lowest BCUT2D eigenvalue weighted by atomic mass is 9.71. The van der Waals surface area contributed by atoms with Gasteiger partial charge in [-0.2, -0.15) is 13.2 Å². The molecule has 2 unspecified atom stereocenters. The molecular weight excluding hydrogens is 453 g/mol. The molecule has 1 aromatic heterocycles. The van der Waals surface area contributed by atoms with Crippen LogP contribution in [0.15, 0.2) is 67.4 Å². The summed E-state index contributed by atoms with van der Waals surface area (Å²) in [5.74, 6) is 1.48. The number of aliphatic hydroxyl groups excluding tert-OH is 1. The topological polar surface area (TPSA) is 42.4 Å². The van der Waals surface area contributed by atoms with Crippen LogP contribution in [0.3, 0.4) is 0 Å². The Morgan fingerprint density at radius 2 is 1.97 bits per heavy atom.